The summed E-state index contributed by atoms with van der Waals surface area (Å²) in [7, 11) is 4.92. The van der Waals surface area contributed by atoms with Crippen molar-refractivity contribution in [2.24, 2.45) is 0 Å². The first kappa shape index (κ1) is 21.0. The van der Waals surface area contributed by atoms with E-state index in [-0.39, 0.29) is 11.8 Å². The topological polar surface area (TPSA) is 63.8 Å². The lowest BCUT2D eigenvalue weighted by atomic mass is 9.95. The quantitative estimate of drug-likeness (QED) is 0.568. The number of Topliss-reactive ketones (excluding diaryl/α,β-unsaturated/α-hetero) is 1. The molecule has 0 aliphatic carbocycles. The lowest BCUT2D eigenvalue weighted by Crippen LogP contribution is -2.41. The predicted molar refractivity (Wildman–Crippen MR) is 122 cm³/mol. The Kier molecular flexibility index (Phi) is 6.00. The molecule has 0 bridgehead atoms. The van der Waals surface area contributed by atoms with Crippen LogP contribution in [0.4, 0.5) is 0 Å². The van der Waals surface area contributed by atoms with Crippen molar-refractivity contribution < 1.29 is 19.0 Å². The third-order valence-electron chi connectivity index (χ3n) is 6.06. The van der Waals surface area contributed by atoms with Crippen molar-refractivity contribution in [1.82, 2.24) is 9.88 Å². The van der Waals surface area contributed by atoms with Crippen molar-refractivity contribution >= 4 is 22.3 Å². The zero-order chi connectivity index (χ0) is 22.0. The van der Waals surface area contributed by atoms with E-state index in [2.05, 4.69) is 16.0 Å². The van der Waals surface area contributed by atoms with Crippen molar-refractivity contribution in [3.05, 3.63) is 59.8 Å². The summed E-state index contributed by atoms with van der Waals surface area (Å²) in [5.74, 6) is 2.26. The number of nitrogens with one attached hydrogen (secondary N) is 1. The van der Waals surface area contributed by atoms with E-state index < -0.39 is 0 Å². The number of hydrogen-bond acceptors (Lipinski definition) is 5. The highest BCUT2D eigenvalue weighted by molar-refractivity contribution is 6.10. The van der Waals surface area contributed by atoms with Crippen LogP contribution < -0.4 is 14.2 Å². The molecule has 1 unspecified atom stereocenters. The highest BCUT2D eigenvalue weighted by atomic mass is 16.5. The minimum Gasteiger partial charge on any atom is -0.496 e. The van der Waals surface area contributed by atoms with E-state index >= 15 is 0 Å². The van der Waals surface area contributed by atoms with Gasteiger partial charge in [0.15, 0.2) is 5.78 Å². The number of carbonyl (C=O) groups is 1. The molecule has 1 aliphatic heterocycles. The molecule has 4 rings (SSSR count). The first-order valence-corrected chi connectivity index (χ1v) is 10.4. The van der Waals surface area contributed by atoms with Gasteiger partial charge in [-0.1, -0.05) is 24.3 Å². The molecular weight excluding hydrogens is 392 g/mol. The van der Waals surface area contributed by atoms with Crippen LogP contribution in [0.3, 0.4) is 0 Å². The number of fused-ring (bicyclic) bond motifs is 1. The molecule has 162 valence electrons. The predicted octanol–water partition coefficient (Wildman–Crippen LogP) is 4.55. The molecular formula is C25H28N2O4. The minimum atomic E-state index is -0.211. The molecule has 0 radical (unpaired) electrons. The fourth-order valence-electron chi connectivity index (χ4n) is 4.25. The van der Waals surface area contributed by atoms with E-state index in [1.807, 2.05) is 49.5 Å². The van der Waals surface area contributed by atoms with E-state index in [4.69, 9.17) is 14.2 Å². The Morgan fingerprint density at radius 2 is 1.77 bits per heavy atom. The minimum absolute atomic E-state index is 0.133. The molecule has 1 atom stereocenters. The smallest absolute Gasteiger partial charge is 0.181 e. The van der Waals surface area contributed by atoms with Gasteiger partial charge in [0.2, 0.25) is 0 Å². The van der Waals surface area contributed by atoms with Crippen LogP contribution in [-0.4, -0.2) is 56.1 Å². The van der Waals surface area contributed by atoms with Gasteiger partial charge >= 0.3 is 0 Å². The Bertz CT molecular complexity index is 1110. The number of ketones is 1. The van der Waals surface area contributed by atoms with Gasteiger partial charge < -0.3 is 19.2 Å². The summed E-state index contributed by atoms with van der Waals surface area (Å²) >= 11 is 0. The lowest BCUT2D eigenvalue weighted by Gasteiger charge is -2.31. The molecule has 3 aromatic rings. The molecule has 0 saturated heterocycles. The van der Waals surface area contributed by atoms with Crippen LogP contribution in [0.15, 0.2) is 48.7 Å². The second kappa shape index (κ2) is 8.86. The summed E-state index contributed by atoms with van der Waals surface area (Å²) in [6, 6.07) is 11.4. The van der Waals surface area contributed by atoms with Gasteiger partial charge in [0.25, 0.3) is 0 Å². The van der Waals surface area contributed by atoms with Crippen molar-refractivity contribution in [3.8, 4) is 17.2 Å². The van der Waals surface area contributed by atoms with Crippen molar-refractivity contribution in [2.75, 3.05) is 34.4 Å². The second-order valence-electron chi connectivity index (χ2n) is 7.67. The summed E-state index contributed by atoms with van der Waals surface area (Å²) in [5.41, 5.74) is 3.83. The Morgan fingerprint density at radius 1 is 1.06 bits per heavy atom. The van der Waals surface area contributed by atoms with Gasteiger partial charge in [-0.15, -0.1) is 0 Å². The number of aromatic amines is 1. The van der Waals surface area contributed by atoms with Crippen LogP contribution in [0.2, 0.25) is 0 Å². The zero-order valence-corrected chi connectivity index (χ0v) is 18.4. The normalized spacial score (nSPS) is 15.4. The average molecular weight is 421 g/mol. The molecule has 2 aromatic carbocycles. The van der Waals surface area contributed by atoms with Crippen LogP contribution in [-0.2, 0) is 0 Å². The summed E-state index contributed by atoms with van der Waals surface area (Å²) in [4.78, 5) is 18.6. The molecule has 1 N–H and O–H groups in total. The van der Waals surface area contributed by atoms with Crippen molar-refractivity contribution in [2.45, 2.75) is 19.4 Å². The van der Waals surface area contributed by atoms with Crippen LogP contribution in [0.25, 0.3) is 16.5 Å². The average Bonchev–Trinajstić information content (AvgIpc) is 3.26. The first-order chi connectivity index (χ1) is 15.1. The first-order valence-electron chi connectivity index (χ1n) is 10.4. The molecule has 0 saturated carbocycles. The van der Waals surface area contributed by atoms with Gasteiger partial charge in [-0.05, 0) is 25.0 Å². The summed E-state index contributed by atoms with van der Waals surface area (Å²) in [5, 5.41) is 0.972. The molecule has 6 heteroatoms. The molecule has 2 heterocycles. The van der Waals surface area contributed by atoms with Gasteiger partial charge in [0, 0.05) is 47.9 Å². The Balaban J connectivity index is 1.56. The Labute approximate surface area is 182 Å². The molecule has 1 aromatic heterocycles. The van der Waals surface area contributed by atoms with Gasteiger partial charge in [0.1, 0.15) is 17.2 Å². The van der Waals surface area contributed by atoms with E-state index in [9.17, 15) is 4.79 Å². The fourth-order valence-corrected chi connectivity index (χ4v) is 4.25. The van der Waals surface area contributed by atoms with Gasteiger partial charge in [-0.2, -0.15) is 0 Å². The largest absolute Gasteiger partial charge is 0.496 e. The van der Waals surface area contributed by atoms with Crippen molar-refractivity contribution in [1.29, 1.82) is 0 Å². The SMILES string of the molecule is COc1cc(OC)c(C2=CCN(C(C)C(=O)c3c[nH]c4ccccc34)CC2)c(OC)c1. The van der Waals surface area contributed by atoms with Crippen LogP contribution in [0, 0.1) is 0 Å². The number of carbonyl (C=O) groups excluding carboxylic acids is 1. The lowest BCUT2D eigenvalue weighted by molar-refractivity contribution is 0.0853. The highest BCUT2D eigenvalue weighted by Crippen LogP contribution is 2.41. The van der Waals surface area contributed by atoms with Crippen LogP contribution in [0.5, 0.6) is 17.2 Å². The number of H-pyrrole nitrogens is 1. The summed E-state index contributed by atoms with van der Waals surface area (Å²) in [6.07, 6.45) is 4.78. The Hall–Kier alpha value is -3.25. The van der Waals surface area contributed by atoms with Gasteiger partial charge in [-0.3, -0.25) is 9.69 Å². The maximum absolute atomic E-state index is 13.2. The number of ether oxygens (including phenoxy) is 3. The molecule has 31 heavy (non-hydrogen) atoms. The second-order valence-corrected chi connectivity index (χ2v) is 7.67. The third-order valence-corrected chi connectivity index (χ3v) is 6.06. The number of nitrogens with zero attached hydrogens (tertiary/aromatic N) is 1. The van der Waals surface area contributed by atoms with Gasteiger partial charge in [-0.25, -0.2) is 0 Å². The maximum Gasteiger partial charge on any atom is 0.181 e. The van der Waals surface area contributed by atoms with E-state index in [1.54, 1.807) is 21.3 Å². The number of rotatable bonds is 7. The summed E-state index contributed by atoms with van der Waals surface area (Å²) < 4.78 is 16.6. The molecule has 1 aliphatic rings. The van der Waals surface area contributed by atoms with E-state index in [1.165, 1.54) is 0 Å². The molecule has 0 spiro atoms. The zero-order valence-electron chi connectivity index (χ0n) is 18.4. The van der Waals surface area contributed by atoms with Crippen LogP contribution >= 0.6 is 0 Å². The van der Waals surface area contributed by atoms with Gasteiger partial charge in [0.05, 0.1) is 32.9 Å². The molecule has 0 amide bonds. The highest BCUT2D eigenvalue weighted by Gasteiger charge is 2.27. The van der Waals surface area contributed by atoms with Crippen molar-refractivity contribution in [3.63, 3.8) is 0 Å². The number of aromatic nitrogens is 1. The number of methoxy groups -OCH3 is 3. The third kappa shape index (κ3) is 3.91. The molecule has 0 fully saturated rings. The fraction of sp³-hybridized carbons (Fsp3) is 0.320. The maximum atomic E-state index is 13.2. The number of hydrogen-bond donors (Lipinski definition) is 1. The standard InChI is InChI=1S/C25H28N2O4/c1-16(25(28)20-15-26-21-8-6-5-7-19(20)21)27-11-9-17(10-12-27)24-22(30-3)13-18(29-2)14-23(24)31-4/h5-9,13-16,26H,10-12H2,1-4H3. The monoisotopic (exact) mass is 420 g/mol. The molecule has 6 nitrogen and oxygen atoms in total. The number of para-hydroxylation sites is 1. The van der Waals surface area contributed by atoms with E-state index in [0.717, 1.165) is 52.1 Å². The Morgan fingerprint density at radius 3 is 2.39 bits per heavy atom. The number of benzene rings is 2. The summed E-state index contributed by atoms with van der Waals surface area (Å²) in [6.45, 7) is 3.44. The van der Waals surface area contributed by atoms with Crippen LogP contribution in [0.1, 0.15) is 29.3 Å². The van der Waals surface area contributed by atoms with E-state index in [0.29, 0.717) is 12.3 Å².